The van der Waals surface area contributed by atoms with Gasteiger partial charge in [-0.15, -0.1) is 5.10 Å². The zero-order chi connectivity index (χ0) is 9.02. The molecule has 0 fully saturated rings. The van der Waals surface area contributed by atoms with Gasteiger partial charge >= 0.3 is 0 Å². The Balaban J connectivity index is 0.000000461. The third-order valence-corrected chi connectivity index (χ3v) is 1.22. The lowest BCUT2D eigenvalue weighted by Gasteiger charge is -1.87. The van der Waals surface area contributed by atoms with Gasteiger partial charge in [0.1, 0.15) is 0 Å². The first-order chi connectivity index (χ1) is 5.13. The van der Waals surface area contributed by atoms with Crippen molar-refractivity contribution in [2.24, 2.45) is 7.05 Å². The van der Waals surface area contributed by atoms with Crippen LogP contribution in [0.1, 0.15) is 19.5 Å². The maximum absolute atomic E-state index is 12.3. The van der Waals surface area contributed by atoms with Crippen molar-refractivity contribution >= 4 is 0 Å². The highest BCUT2D eigenvalue weighted by Gasteiger charge is 2.10. The molecule has 1 heterocycles. The summed E-state index contributed by atoms with van der Waals surface area (Å²) in [5, 5.41) is 3.19. The van der Waals surface area contributed by atoms with E-state index in [2.05, 4.69) is 5.10 Å². The van der Waals surface area contributed by atoms with E-state index in [9.17, 15) is 8.78 Å². The molecule has 0 aliphatic rings. The molecule has 0 amide bonds. The second-order valence-corrected chi connectivity index (χ2v) is 1.81. The molecule has 0 radical (unpaired) electrons. The van der Waals surface area contributed by atoms with Crippen molar-refractivity contribution < 1.29 is 8.78 Å². The van der Waals surface area contributed by atoms with Crippen molar-refractivity contribution in [3.05, 3.63) is 17.5 Å². The first kappa shape index (κ1) is 10.1. The van der Waals surface area contributed by atoms with E-state index >= 15 is 0 Å². The zero-order valence-electron chi connectivity index (χ0n) is 7.15. The minimum Gasteiger partial charge on any atom is -0.267 e. The van der Waals surface area contributed by atoms with E-state index < -0.39 is 11.8 Å². The van der Waals surface area contributed by atoms with Gasteiger partial charge in [-0.3, -0.25) is 4.68 Å². The summed E-state index contributed by atoms with van der Waals surface area (Å²) in [7, 11) is 1.49. The second-order valence-electron chi connectivity index (χ2n) is 1.81. The van der Waals surface area contributed by atoms with Crippen LogP contribution in [0.3, 0.4) is 0 Å². The van der Waals surface area contributed by atoms with Crippen LogP contribution < -0.4 is 0 Å². The van der Waals surface area contributed by atoms with E-state index in [1.807, 2.05) is 13.8 Å². The maximum atomic E-state index is 12.3. The minimum absolute atomic E-state index is 0.215. The standard InChI is InChI=1S/C5H6F2N2.C2H6/c1-3-4(6)5(7)8-9(3)2;1-2/h1-2H3;1-2H3. The van der Waals surface area contributed by atoms with E-state index in [0.717, 1.165) is 4.68 Å². The van der Waals surface area contributed by atoms with Gasteiger partial charge in [0.25, 0.3) is 5.95 Å². The zero-order valence-corrected chi connectivity index (χ0v) is 7.15. The fraction of sp³-hybridized carbons (Fsp3) is 0.571. The third-order valence-electron chi connectivity index (χ3n) is 1.22. The molecule has 0 aliphatic heterocycles. The summed E-state index contributed by atoms with van der Waals surface area (Å²) in [4.78, 5) is 0. The molecule has 1 aromatic rings. The van der Waals surface area contributed by atoms with E-state index in [-0.39, 0.29) is 5.69 Å². The van der Waals surface area contributed by atoms with E-state index in [1.54, 1.807) is 0 Å². The quantitative estimate of drug-likeness (QED) is 0.570. The van der Waals surface area contributed by atoms with Gasteiger partial charge in [0.15, 0.2) is 5.82 Å². The molecule has 0 atom stereocenters. The molecule has 1 rings (SSSR count). The fourth-order valence-corrected chi connectivity index (χ4v) is 0.542. The molecule has 0 bridgehead atoms. The van der Waals surface area contributed by atoms with Gasteiger partial charge in [-0.05, 0) is 6.92 Å². The molecular weight excluding hydrogens is 150 g/mol. The van der Waals surface area contributed by atoms with Crippen LogP contribution in [0.4, 0.5) is 8.78 Å². The van der Waals surface area contributed by atoms with E-state index in [0.29, 0.717) is 0 Å². The van der Waals surface area contributed by atoms with E-state index in [4.69, 9.17) is 0 Å². The van der Waals surface area contributed by atoms with Crippen molar-refractivity contribution in [3.63, 3.8) is 0 Å². The number of hydrogen-bond acceptors (Lipinski definition) is 1. The smallest absolute Gasteiger partial charge is 0.267 e. The van der Waals surface area contributed by atoms with Gasteiger partial charge in [-0.2, -0.15) is 8.78 Å². The number of rotatable bonds is 0. The monoisotopic (exact) mass is 162 g/mol. The Morgan fingerprint density at radius 3 is 1.82 bits per heavy atom. The summed E-state index contributed by atoms with van der Waals surface area (Å²) in [5.74, 6) is -1.90. The molecule has 0 saturated carbocycles. The van der Waals surface area contributed by atoms with Gasteiger partial charge in [0, 0.05) is 7.05 Å². The molecule has 4 heteroatoms. The Hall–Kier alpha value is -0.930. The van der Waals surface area contributed by atoms with Crippen molar-refractivity contribution in [3.8, 4) is 0 Å². The molecule has 1 aromatic heterocycles. The number of aryl methyl sites for hydroxylation is 1. The molecule has 0 aromatic carbocycles. The summed E-state index contributed by atoms with van der Waals surface area (Å²) >= 11 is 0. The summed E-state index contributed by atoms with van der Waals surface area (Å²) in [6.07, 6.45) is 0. The average Bonchev–Trinajstić information content (AvgIpc) is 2.22. The van der Waals surface area contributed by atoms with Crippen LogP contribution in [0.25, 0.3) is 0 Å². The van der Waals surface area contributed by atoms with E-state index in [1.165, 1.54) is 14.0 Å². The minimum atomic E-state index is -1.03. The highest BCUT2D eigenvalue weighted by Crippen LogP contribution is 2.06. The fourth-order valence-electron chi connectivity index (χ4n) is 0.542. The summed E-state index contributed by atoms with van der Waals surface area (Å²) in [6.45, 7) is 5.46. The molecule has 0 aliphatic carbocycles. The van der Waals surface area contributed by atoms with Gasteiger partial charge in [-0.25, -0.2) is 0 Å². The lowest BCUT2D eigenvalue weighted by molar-refractivity contribution is 0.484. The topological polar surface area (TPSA) is 17.8 Å². The Morgan fingerprint density at radius 2 is 1.73 bits per heavy atom. The molecule has 64 valence electrons. The lowest BCUT2D eigenvalue weighted by Crippen LogP contribution is -1.92. The van der Waals surface area contributed by atoms with Crippen LogP contribution >= 0.6 is 0 Å². The van der Waals surface area contributed by atoms with Crippen LogP contribution in [-0.2, 0) is 7.05 Å². The summed E-state index contributed by atoms with van der Waals surface area (Å²) in [5.41, 5.74) is 0.215. The highest BCUT2D eigenvalue weighted by atomic mass is 19.2. The van der Waals surface area contributed by atoms with Gasteiger partial charge in [0.2, 0.25) is 0 Å². The summed E-state index contributed by atoms with van der Waals surface area (Å²) < 4.78 is 25.5. The Morgan fingerprint density at radius 1 is 1.27 bits per heavy atom. The Kier molecular flexibility index (Phi) is 3.71. The summed E-state index contributed by atoms with van der Waals surface area (Å²) in [6, 6.07) is 0. The van der Waals surface area contributed by atoms with Crippen molar-refractivity contribution in [1.29, 1.82) is 0 Å². The predicted octanol–water partition coefficient (Wildman–Crippen LogP) is 2.03. The average molecular weight is 162 g/mol. The van der Waals surface area contributed by atoms with Crippen LogP contribution in [0.2, 0.25) is 0 Å². The van der Waals surface area contributed by atoms with Crippen molar-refractivity contribution in [1.82, 2.24) is 9.78 Å². The largest absolute Gasteiger partial charge is 0.268 e. The SMILES string of the molecule is CC.Cc1c(F)c(F)nn1C. The Labute approximate surface area is 64.8 Å². The third kappa shape index (κ3) is 2.00. The highest BCUT2D eigenvalue weighted by molar-refractivity contribution is 5.01. The number of aromatic nitrogens is 2. The molecule has 11 heavy (non-hydrogen) atoms. The first-order valence-electron chi connectivity index (χ1n) is 3.47. The first-order valence-corrected chi connectivity index (χ1v) is 3.47. The molecule has 0 unspecified atom stereocenters. The van der Waals surface area contributed by atoms with Crippen molar-refractivity contribution in [2.45, 2.75) is 20.8 Å². The normalized spacial score (nSPS) is 8.91. The van der Waals surface area contributed by atoms with Crippen molar-refractivity contribution in [2.75, 3.05) is 0 Å². The predicted molar refractivity (Wildman–Crippen MR) is 39.2 cm³/mol. The molecule has 2 nitrogen and oxygen atoms in total. The lowest BCUT2D eigenvalue weighted by atomic mass is 10.5. The van der Waals surface area contributed by atoms with Gasteiger partial charge < -0.3 is 0 Å². The van der Waals surface area contributed by atoms with Crippen LogP contribution in [0, 0.1) is 18.7 Å². The second kappa shape index (κ2) is 4.05. The van der Waals surface area contributed by atoms with Crippen LogP contribution in [0.5, 0.6) is 0 Å². The number of halogens is 2. The van der Waals surface area contributed by atoms with Gasteiger partial charge in [-0.1, -0.05) is 13.8 Å². The number of hydrogen-bond donors (Lipinski definition) is 0. The molecular formula is C7H12F2N2. The van der Waals surface area contributed by atoms with Crippen LogP contribution in [-0.4, -0.2) is 9.78 Å². The number of nitrogens with zero attached hydrogens (tertiary/aromatic N) is 2. The van der Waals surface area contributed by atoms with Gasteiger partial charge in [0.05, 0.1) is 5.69 Å². The molecule has 0 N–H and O–H groups in total. The maximum Gasteiger partial charge on any atom is 0.268 e. The molecule has 0 saturated heterocycles. The van der Waals surface area contributed by atoms with Crippen LogP contribution in [0.15, 0.2) is 0 Å². The Bertz CT molecular complexity index is 208. The molecule has 0 spiro atoms.